The molecule has 1 aromatic heterocycles. The molecule has 0 fully saturated rings. The molecule has 0 bridgehead atoms. The van der Waals surface area contributed by atoms with Gasteiger partial charge in [0, 0.05) is 19.7 Å². The fourth-order valence-corrected chi connectivity index (χ4v) is 2.09. The molecular formula is C17H20FN3O3. The molecule has 0 spiro atoms. The monoisotopic (exact) mass is 333 g/mol. The minimum atomic E-state index is -0.445. The zero-order valence-electron chi connectivity index (χ0n) is 13.7. The third-order valence-corrected chi connectivity index (χ3v) is 3.39. The van der Waals surface area contributed by atoms with Gasteiger partial charge in [-0.05, 0) is 24.6 Å². The number of halogens is 1. The van der Waals surface area contributed by atoms with Crippen LogP contribution in [0.1, 0.15) is 23.8 Å². The van der Waals surface area contributed by atoms with Crippen molar-refractivity contribution in [2.75, 3.05) is 20.2 Å². The van der Waals surface area contributed by atoms with Crippen molar-refractivity contribution in [3.05, 3.63) is 58.3 Å². The van der Waals surface area contributed by atoms with Gasteiger partial charge in [0.1, 0.15) is 12.3 Å². The Bertz CT molecular complexity index is 761. The van der Waals surface area contributed by atoms with Crippen molar-refractivity contribution < 1.29 is 13.9 Å². The number of amides is 1. The number of carbonyl (C=O) groups excluding carboxylic acids is 1. The highest BCUT2D eigenvalue weighted by molar-refractivity contribution is 5.91. The lowest BCUT2D eigenvalue weighted by atomic mass is 10.3. The Morgan fingerprint density at radius 3 is 2.75 bits per heavy atom. The average Bonchev–Trinajstić information content (AvgIpc) is 2.58. The first-order valence-corrected chi connectivity index (χ1v) is 7.74. The highest BCUT2D eigenvalue weighted by Gasteiger charge is 2.15. The smallest absolute Gasteiger partial charge is 0.274 e. The predicted molar refractivity (Wildman–Crippen MR) is 87.6 cm³/mol. The lowest BCUT2D eigenvalue weighted by Gasteiger charge is -2.17. The van der Waals surface area contributed by atoms with Gasteiger partial charge in [-0.25, -0.2) is 9.07 Å². The number of para-hydroxylation sites is 1. The molecule has 1 aromatic carbocycles. The Labute approximate surface area is 139 Å². The van der Waals surface area contributed by atoms with Crippen LogP contribution in [0.5, 0.6) is 5.75 Å². The summed E-state index contributed by atoms with van der Waals surface area (Å²) in [6.45, 7) is 2.80. The van der Waals surface area contributed by atoms with Crippen molar-refractivity contribution in [1.82, 2.24) is 14.7 Å². The number of ether oxygens (including phenoxy) is 1. The van der Waals surface area contributed by atoms with Gasteiger partial charge in [-0.15, -0.1) is 0 Å². The molecule has 0 saturated heterocycles. The Hall–Kier alpha value is -2.70. The van der Waals surface area contributed by atoms with Gasteiger partial charge in [0.2, 0.25) is 0 Å². The number of hydrogen-bond acceptors (Lipinski definition) is 4. The minimum absolute atomic E-state index is 0.146. The van der Waals surface area contributed by atoms with E-state index in [0.717, 1.165) is 6.42 Å². The SMILES string of the molecule is CCCn1nc(C(=O)N(C)CCOc2ccccc2F)ccc1=O. The molecule has 2 aromatic rings. The zero-order chi connectivity index (χ0) is 17.5. The van der Waals surface area contributed by atoms with E-state index in [0.29, 0.717) is 6.54 Å². The second-order valence-corrected chi connectivity index (χ2v) is 5.29. The Morgan fingerprint density at radius 2 is 2.04 bits per heavy atom. The van der Waals surface area contributed by atoms with Crippen molar-refractivity contribution in [3.8, 4) is 5.75 Å². The first-order chi connectivity index (χ1) is 11.5. The number of rotatable bonds is 7. The predicted octanol–water partition coefficient (Wildman–Crippen LogP) is 1.94. The summed E-state index contributed by atoms with van der Waals surface area (Å²) >= 11 is 0. The molecule has 0 unspecified atom stereocenters. The third kappa shape index (κ3) is 4.41. The van der Waals surface area contributed by atoms with Crippen molar-refractivity contribution >= 4 is 5.91 Å². The molecule has 0 radical (unpaired) electrons. The van der Waals surface area contributed by atoms with Crippen LogP contribution in [0, 0.1) is 5.82 Å². The van der Waals surface area contributed by atoms with Crippen LogP contribution in [0.25, 0.3) is 0 Å². The van der Waals surface area contributed by atoms with E-state index in [-0.39, 0.29) is 36.1 Å². The largest absolute Gasteiger partial charge is 0.489 e. The lowest BCUT2D eigenvalue weighted by Crippen LogP contribution is -2.33. The van der Waals surface area contributed by atoms with E-state index in [1.807, 2.05) is 6.92 Å². The molecule has 0 aliphatic carbocycles. The summed E-state index contributed by atoms with van der Waals surface area (Å²) in [7, 11) is 1.60. The highest BCUT2D eigenvalue weighted by atomic mass is 19.1. The van der Waals surface area contributed by atoms with E-state index < -0.39 is 5.82 Å². The summed E-state index contributed by atoms with van der Waals surface area (Å²) in [6, 6.07) is 8.83. The van der Waals surface area contributed by atoms with E-state index in [1.165, 1.54) is 33.8 Å². The number of likely N-dealkylation sites (N-methyl/N-ethyl adjacent to an activating group) is 1. The quantitative estimate of drug-likeness (QED) is 0.777. The van der Waals surface area contributed by atoms with Crippen LogP contribution in [-0.4, -0.2) is 40.8 Å². The van der Waals surface area contributed by atoms with Gasteiger partial charge >= 0.3 is 0 Å². The van der Waals surface area contributed by atoms with E-state index in [2.05, 4.69) is 5.10 Å². The van der Waals surface area contributed by atoms with Crippen LogP contribution in [0.15, 0.2) is 41.2 Å². The molecule has 2 rings (SSSR count). The highest BCUT2D eigenvalue weighted by Crippen LogP contribution is 2.15. The first kappa shape index (κ1) is 17.7. The van der Waals surface area contributed by atoms with E-state index in [4.69, 9.17) is 4.74 Å². The number of aryl methyl sites for hydroxylation is 1. The van der Waals surface area contributed by atoms with Gasteiger partial charge in [-0.2, -0.15) is 5.10 Å². The van der Waals surface area contributed by atoms with Crippen molar-refractivity contribution in [2.24, 2.45) is 0 Å². The second kappa shape index (κ2) is 8.24. The number of benzene rings is 1. The van der Waals surface area contributed by atoms with Crippen LogP contribution >= 0.6 is 0 Å². The van der Waals surface area contributed by atoms with Crippen LogP contribution in [0.3, 0.4) is 0 Å². The summed E-state index contributed by atoms with van der Waals surface area (Å²) in [6.07, 6.45) is 0.747. The first-order valence-electron chi connectivity index (χ1n) is 7.74. The molecule has 0 atom stereocenters. The molecule has 0 aliphatic rings. The molecule has 0 aliphatic heterocycles. The van der Waals surface area contributed by atoms with Crippen molar-refractivity contribution in [2.45, 2.75) is 19.9 Å². The molecule has 1 amide bonds. The summed E-state index contributed by atoms with van der Waals surface area (Å²) in [5.74, 6) is -0.621. The van der Waals surface area contributed by atoms with E-state index in [1.54, 1.807) is 19.2 Å². The molecule has 24 heavy (non-hydrogen) atoms. The molecule has 1 heterocycles. The molecule has 0 saturated carbocycles. The van der Waals surface area contributed by atoms with E-state index >= 15 is 0 Å². The summed E-state index contributed by atoms with van der Waals surface area (Å²) in [4.78, 5) is 25.4. The van der Waals surface area contributed by atoms with Gasteiger partial charge in [-0.1, -0.05) is 19.1 Å². The van der Waals surface area contributed by atoms with Gasteiger partial charge in [0.15, 0.2) is 11.6 Å². The summed E-state index contributed by atoms with van der Waals surface area (Å²) in [5.41, 5.74) is -0.0459. The van der Waals surface area contributed by atoms with Gasteiger partial charge in [0.05, 0.1) is 6.54 Å². The van der Waals surface area contributed by atoms with Gasteiger partial charge < -0.3 is 9.64 Å². The van der Waals surface area contributed by atoms with Gasteiger partial charge in [-0.3, -0.25) is 9.59 Å². The number of carbonyl (C=O) groups is 1. The van der Waals surface area contributed by atoms with Crippen LogP contribution in [0.2, 0.25) is 0 Å². The number of aromatic nitrogens is 2. The average molecular weight is 333 g/mol. The van der Waals surface area contributed by atoms with Crippen LogP contribution in [0.4, 0.5) is 4.39 Å². The molecule has 0 N–H and O–H groups in total. The molecule has 6 nitrogen and oxygen atoms in total. The normalized spacial score (nSPS) is 10.5. The topological polar surface area (TPSA) is 64.4 Å². The Morgan fingerprint density at radius 1 is 1.29 bits per heavy atom. The van der Waals surface area contributed by atoms with Crippen LogP contribution < -0.4 is 10.3 Å². The number of hydrogen-bond donors (Lipinski definition) is 0. The Balaban J connectivity index is 1.96. The zero-order valence-corrected chi connectivity index (χ0v) is 13.7. The van der Waals surface area contributed by atoms with Crippen molar-refractivity contribution in [1.29, 1.82) is 0 Å². The maximum absolute atomic E-state index is 13.4. The molecule has 7 heteroatoms. The summed E-state index contributed by atoms with van der Waals surface area (Å²) < 4.78 is 20.0. The standard InChI is InChI=1S/C17H20FN3O3/c1-3-10-21-16(22)9-8-14(19-21)17(23)20(2)11-12-24-15-7-5-4-6-13(15)18/h4-9H,3,10-12H2,1-2H3. The third-order valence-electron chi connectivity index (χ3n) is 3.39. The number of nitrogens with zero attached hydrogens (tertiary/aromatic N) is 3. The summed E-state index contributed by atoms with van der Waals surface area (Å²) in [5, 5.41) is 4.08. The Kier molecular flexibility index (Phi) is 6.06. The van der Waals surface area contributed by atoms with Gasteiger partial charge in [0.25, 0.3) is 11.5 Å². The maximum Gasteiger partial charge on any atom is 0.274 e. The van der Waals surface area contributed by atoms with Crippen molar-refractivity contribution in [3.63, 3.8) is 0 Å². The fraction of sp³-hybridized carbons (Fsp3) is 0.353. The fourth-order valence-electron chi connectivity index (χ4n) is 2.09. The molecular weight excluding hydrogens is 313 g/mol. The van der Waals surface area contributed by atoms with Crippen LogP contribution in [-0.2, 0) is 6.54 Å². The minimum Gasteiger partial charge on any atom is -0.489 e. The maximum atomic E-state index is 13.4. The second-order valence-electron chi connectivity index (χ2n) is 5.29. The van der Waals surface area contributed by atoms with E-state index in [9.17, 15) is 14.0 Å². The lowest BCUT2D eigenvalue weighted by molar-refractivity contribution is 0.0764. The molecule has 128 valence electrons.